The highest BCUT2D eigenvalue weighted by Gasteiger charge is 2.19. The number of halogens is 1. The molecule has 0 unspecified atom stereocenters. The van der Waals surface area contributed by atoms with Crippen LogP contribution in [0.25, 0.3) is 11.3 Å². The number of esters is 1. The SMILES string of the molecule is Cc1cc(-c2cc(COc3ccc(C#N)c(F)c3)ccn2)ccc1C(=O)OC(C)(C)C. The van der Waals surface area contributed by atoms with Crippen LogP contribution in [0.1, 0.15) is 47.8 Å². The molecule has 0 atom stereocenters. The van der Waals surface area contributed by atoms with Crippen molar-refractivity contribution in [1.29, 1.82) is 5.26 Å². The van der Waals surface area contributed by atoms with Crippen molar-refractivity contribution < 1.29 is 18.7 Å². The van der Waals surface area contributed by atoms with Crippen LogP contribution in [0, 0.1) is 24.1 Å². The Labute approximate surface area is 181 Å². The molecule has 0 amide bonds. The molecule has 0 aliphatic carbocycles. The standard InChI is InChI=1S/C25H23FN2O3/c1-16-11-18(6-8-21(16)24(29)31-25(2,3)4)23-12-17(9-10-28-23)15-30-20-7-5-19(14-27)22(26)13-20/h5-13H,15H2,1-4H3. The number of nitrogens with zero attached hydrogens (tertiary/aromatic N) is 2. The second-order valence-electron chi connectivity index (χ2n) is 8.12. The molecule has 3 aromatic rings. The van der Waals surface area contributed by atoms with E-state index in [9.17, 15) is 9.18 Å². The van der Waals surface area contributed by atoms with Crippen molar-refractivity contribution in [3.63, 3.8) is 0 Å². The minimum atomic E-state index is -0.615. The molecular formula is C25H23FN2O3. The van der Waals surface area contributed by atoms with Crippen LogP contribution in [0.15, 0.2) is 54.7 Å². The van der Waals surface area contributed by atoms with E-state index in [0.29, 0.717) is 11.3 Å². The van der Waals surface area contributed by atoms with E-state index in [1.165, 1.54) is 12.1 Å². The Morgan fingerprint density at radius 2 is 1.90 bits per heavy atom. The van der Waals surface area contributed by atoms with E-state index in [-0.39, 0.29) is 18.1 Å². The molecule has 0 N–H and O–H groups in total. The van der Waals surface area contributed by atoms with E-state index < -0.39 is 11.4 Å². The van der Waals surface area contributed by atoms with Crippen molar-refractivity contribution in [2.24, 2.45) is 0 Å². The zero-order valence-electron chi connectivity index (χ0n) is 17.9. The first-order valence-corrected chi connectivity index (χ1v) is 9.78. The van der Waals surface area contributed by atoms with E-state index in [2.05, 4.69) is 4.98 Å². The lowest BCUT2D eigenvalue weighted by molar-refractivity contribution is 0.00688. The molecule has 0 aliphatic heterocycles. The minimum absolute atomic E-state index is 0.0243. The molecular weight excluding hydrogens is 395 g/mol. The van der Waals surface area contributed by atoms with Gasteiger partial charge in [0.25, 0.3) is 0 Å². The molecule has 31 heavy (non-hydrogen) atoms. The van der Waals surface area contributed by atoms with Crippen LogP contribution in [-0.2, 0) is 11.3 Å². The fraction of sp³-hybridized carbons (Fsp3) is 0.240. The van der Waals surface area contributed by atoms with Crippen molar-refractivity contribution in [1.82, 2.24) is 4.98 Å². The highest BCUT2D eigenvalue weighted by atomic mass is 19.1. The number of pyridine rings is 1. The number of rotatable bonds is 5. The number of hydrogen-bond acceptors (Lipinski definition) is 5. The van der Waals surface area contributed by atoms with Crippen LogP contribution < -0.4 is 4.74 Å². The average molecular weight is 418 g/mol. The van der Waals surface area contributed by atoms with Crippen LogP contribution in [-0.4, -0.2) is 16.6 Å². The zero-order valence-corrected chi connectivity index (χ0v) is 17.9. The Kier molecular flexibility index (Phi) is 6.36. The van der Waals surface area contributed by atoms with Gasteiger partial charge in [-0.25, -0.2) is 9.18 Å². The largest absolute Gasteiger partial charge is 0.489 e. The fourth-order valence-electron chi connectivity index (χ4n) is 2.95. The number of nitriles is 1. The second kappa shape index (κ2) is 8.97. The van der Waals surface area contributed by atoms with E-state index in [1.807, 2.05) is 52.0 Å². The van der Waals surface area contributed by atoms with Crippen LogP contribution >= 0.6 is 0 Å². The summed E-state index contributed by atoms with van der Waals surface area (Å²) in [5, 5.41) is 8.81. The van der Waals surface area contributed by atoms with Gasteiger partial charge in [0.1, 0.15) is 29.8 Å². The van der Waals surface area contributed by atoms with Crippen LogP contribution in [0.3, 0.4) is 0 Å². The average Bonchev–Trinajstić information content (AvgIpc) is 2.71. The van der Waals surface area contributed by atoms with Crippen LogP contribution in [0.5, 0.6) is 5.75 Å². The van der Waals surface area contributed by atoms with Gasteiger partial charge in [-0.3, -0.25) is 4.98 Å². The minimum Gasteiger partial charge on any atom is -0.489 e. The maximum Gasteiger partial charge on any atom is 0.338 e. The third kappa shape index (κ3) is 5.67. The van der Waals surface area contributed by atoms with Crippen molar-refractivity contribution in [3.05, 3.63) is 82.8 Å². The summed E-state index contributed by atoms with van der Waals surface area (Å²) in [5.74, 6) is -0.635. The van der Waals surface area contributed by atoms with Gasteiger partial charge >= 0.3 is 5.97 Å². The monoisotopic (exact) mass is 418 g/mol. The van der Waals surface area contributed by atoms with Gasteiger partial charge < -0.3 is 9.47 Å². The van der Waals surface area contributed by atoms with Gasteiger partial charge in [-0.15, -0.1) is 0 Å². The molecule has 0 saturated heterocycles. The van der Waals surface area contributed by atoms with E-state index in [0.717, 1.165) is 22.4 Å². The van der Waals surface area contributed by atoms with E-state index in [4.69, 9.17) is 14.7 Å². The molecule has 1 heterocycles. The van der Waals surface area contributed by atoms with Crippen molar-refractivity contribution >= 4 is 5.97 Å². The molecule has 0 radical (unpaired) electrons. The fourth-order valence-corrected chi connectivity index (χ4v) is 2.95. The van der Waals surface area contributed by atoms with Gasteiger partial charge in [0.05, 0.1) is 16.8 Å². The lowest BCUT2D eigenvalue weighted by Gasteiger charge is -2.20. The van der Waals surface area contributed by atoms with E-state index >= 15 is 0 Å². The highest BCUT2D eigenvalue weighted by Crippen LogP contribution is 2.24. The molecule has 0 spiro atoms. The Morgan fingerprint density at radius 3 is 2.55 bits per heavy atom. The molecule has 0 fully saturated rings. The summed E-state index contributed by atoms with van der Waals surface area (Å²) in [7, 11) is 0. The number of benzene rings is 2. The molecule has 1 aromatic heterocycles. The molecule has 2 aromatic carbocycles. The summed E-state index contributed by atoms with van der Waals surface area (Å²) in [6.45, 7) is 7.57. The Morgan fingerprint density at radius 1 is 1.13 bits per heavy atom. The first kappa shape index (κ1) is 22.0. The first-order chi connectivity index (χ1) is 14.7. The second-order valence-corrected chi connectivity index (χ2v) is 8.12. The van der Waals surface area contributed by atoms with Crippen molar-refractivity contribution in [2.75, 3.05) is 0 Å². The molecule has 0 saturated carbocycles. The van der Waals surface area contributed by atoms with Gasteiger partial charge in [-0.2, -0.15) is 5.26 Å². The van der Waals surface area contributed by atoms with Crippen LogP contribution in [0.4, 0.5) is 4.39 Å². The Hall–Kier alpha value is -3.72. The van der Waals surface area contributed by atoms with Crippen LogP contribution in [0.2, 0.25) is 0 Å². The molecule has 0 bridgehead atoms. The lowest BCUT2D eigenvalue weighted by Crippen LogP contribution is -2.24. The van der Waals surface area contributed by atoms with Crippen molar-refractivity contribution in [2.45, 2.75) is 39.9 Å². The summed E-state index contributed by atoms with van der Waals surface area (Å²) in [5.41, 5.74) is 3.16. The maximum absolute atomic E-state index is 13.7. The van der Waals surface area contributed by atoms with Gasteiger partial charge in [0.2, 0.25) is 0 Å². The zero-order chi connectivity index (χ0) is 22.6. The number of aryl methyl sites for hydroxylation is 1. The summed E-state index contributed by atoms with van der Waals surface area (Å²) < 4.78 is 24.8. The Bertz CT molecular complexity index is 1160. The molecule has 6 heteroatoms. The lowest BCUT2D eigenvalue weighted by atomic mass is 10.0. The molecule has 5 nitrogen and oxygen atoms in total. The third-order valence-electron chi connectivity index (χ3n) is 4.43. The van der Waals surface area contributed by atoms with Gasteiger partial charge in [-0.05, 0) is 75.2 Å². The quantitative estimate of drug-likeness (QED) is 0.504. The van der Waals surface area contributed by atoms with Gasteiger partial charge in [0, 0.05) is 17.8 Å². The predicted molar refractivity (Wildman–Crippen MR) is 115 cm³/mol. The first-order valence-electron chi connectivity index (χ1n) is 9.78. The summed E-state index contributed by atoms with van der Waals surface area (Å²) in [6, 6.07) is 15.1. The van der Waals surface area contributed by atoms with Gasteiger partial charge in [-0.1, -0.05) is 6.07 Å². The summed E-state index contributed by atoms with van der Waals surface area (Å²) in [6.07, 6.45) is 1.67. The number of hydrogen-bond donors (Lipinski definition) is 0. The third-order valence-corrected chi connectivity index (χ3v) is 4.43. The molecule has 3 rings (SSSR count). The smallest absolute Gasteiger partial charge is 0.338 e. The molecule has 0 aliphatic rings. The topological polar surface area (TPSA) is 72.2 Å². The molecule has 158 valence electrons. The normalized spacial score (nSPS) is 11.0. The van der Waals surface area contributed by atoms with E-state index in [1.54, 1.807) is 24.4 Å². The number of carbonyl (C=O) groups excluding carboxylic acids is 1. The summed E-state index contributed by atoms with van der Waals surface area (Å²) >= 11 is 0. The van der Waals surface area contributed by atoms with Gasteiger partial charge in [0.15, 0.2) is 0 Å². The highest BCUT2D eigenvalue weighted by molar-refractivity contribution is 5.92. The Balaban J connectivity index is 1.75. The van der Waals surface area contributed by atoms with Crippen molar-refractivity contribution in [3.8, 4) is 23.1 Å². The maximum atomic E-state index is 13.7. The summed E-state index contributed by atoms with van der Waals surface area (Å²) in [4.78, 5) is 16.8. The number of ether oxygens (including phenoxy) is 2. The number of carbonyl (C=O) groups is 1. The predicted octanol–water partition coefficient (Wildman–Crippen LogP) is 5.60. The number of aromatic nitrogens is 1.